The van der Waals surface area contributed by atoms with E-state index >= 15 is 0 Å². The summed E-state index contributed by atoms with van der Waals surface area (Å²) in [5, 5.41) is 2.59. The highest BCUT2D eigenvalue weighted by molar-refractivity contribution is 6.31. The number of pyridine rings is 1. The minimum atomic E-state index is -0.767. The van der Waals surface area contributed by atoms with E-state index in [0.717, 1.165) is 11.0 Å². The van der Waals surface area contributed by atoms with Gasteiger partial charge in [-0.25, -0.2) is 9.37 Å². The van der Waals surface area contributed by atoms with Gasteiger partial charge in [0.1, 0.15) is 11.9 Å². The smallest absolute Gasteiger partial charge is 0.253 e. The number of imidazole rings is 1. The van der Waals surface area contributed by atoms with E-state index in [-0.39, 0.29) is 23.9 Å². The van der Waals surface area contributed by atoms with Crippen LogP contribution in [0.5, 0.6) is 0 Å². The van der Waals surface area contributed by atoms with Crippen molar-refractivity contribution in [3.63, 3.8) is 0 Å². The largest absolute Gasteiger partial charge is 0.326 e. The van der Waals surface area contributed by atoms with Gasteiger partial charge in [-0.3, -0.25) is 24.0 Å². The molecular weight excluding hydrogens is 433 g/mol. The highest BCUT2D eigenvalue weighted by atomic mass is 35.5. The van der Waals surface area contributed by atoms with Crippen LogP contribution in [0.2, 0.25) is 5.02 Å². The van der Waals surface area contributed by atoms with Crippen molar-refractivity contribution in [1.29, 1.82) is 0 Å². The van der Waals surface area contributed by atoms with Crippen LogP contribution in [0.15, 0.2) is 66.9 Å². The third-order valence-corrected chi connectivity index (χ3v) is 5.60. The molecule has 3 heterocycles. The topological polar surface area (TPSA) is 80.1 Å². The summed E-state index contributed by atoms with van der Waals surface area (Å²) in [6.45, 7) is 0.245. The third-order valence-electron chi connectivity index (χ3n) is 5.31. The Balaban J connectivity index is 1.46. The molecule has 1 aliphatic rings. The van der Waals surface area contributed by atoms with E-state index in [1.807, 2.05) is 36.4 Å². The zero-order valence-electron chi connectivity index (χ0n) is 16.7. The van der Waals surface area contributed by atoms with Gasteiger partial charge in [-0.15, -0.1) is 0 Å². The second-order valence-electron chi connectivity index (χ2n) is 7.41. The zero-order chi connectivity index (χ0) is 22.2. The number of para-hydroxylation sites is 2. The van der Waals surface area contributed by atoms with Gasteiger partial charge < -0.3 is 5.32 Å². The summed E-state index contributed by atoms with van der Waals surface area (Å²) < 4.78 is 15.2. The van der Waals surface area contributed by atoms with Crippen LogP contribution in [0, 0.1) is 5.82 Å². The van der Waals surface area contributed by atoms with Crippen molar-refractivity contribution in [2.24, 2.45) is 0 Å². The molecule has 0 aliphatic carbocycles. The van der Waals surface area contributed by atoms with Crippen molar-refractivity contribution in [2.75, 3.05) is 10.2 Å². The van der Waals surface area contributed by atoms with Crippen molar-refractivity contribution in [3.8, 4) is 0 Å². The molecule has 32 heavy (non-hydrogen) atoms. The molecule has 1 atom stereocenters. The van der Waals surface area contributed by atoms with Crippen molar-refractivity contribution >= 4 is 46.1 Å². The predicted molar refractivity (Wildman–Crippen MR) is 119 cm³/mol. The van der Waals surface area contributed by atoms with Gasteiger partial charge in [-0.2, -0.15) is 0 Å². The van der Waals surface area contributed by atoms with E-state index in [1.165, 1.54) is 18.2 Å². The Labute approximate surface area is 187 Å². The number of benzene rings is 2. The standard InChI is InChI=1S/C23H17ClFN5O2/c24-16-11-14(8-9-17(16)25)27-21(31)12-20-22(32)29(13-15-5-3-4-10-26-15)23-28-18-6-1-2-7-19(18)30(20)23/h1-11,20H,12-13H2,(H,27,31). The second kappa shape index (κ2) is 8.05. The molecule has 4 aromatic rings. The van der Waals surface area contributed by atoms with Gasteiger partial charge in [-0.1, -0.05) is 29.8 Å². The fraction of sp³-hybridized carbons (Fsp3) is 0.130. The molecule has 1 N–H and O–H groups in total. The molecule has 0 spiro atoms. The van der Waals surface area contributed by atoms with Gasteiger partial charge in [0.05, 0.1) is 34.7 Å². The molecule has 2 aromatic heterocycles. The maximum atomic E-state index is 13.4. The van der Waals surface area contributed by atoms with Crippen molar-refractivity contribution < 1.29 is 14.0 Å². The number of nitrogens with zero attached hydrogens (tertiary/aromatic N) is 4. The molecule has 0 bridgehead atoms. The Bertz CT molecular complexity index is 1340. The molecule has 2 amide bonds. The van der Waals surface area contributed by atoms with Crippen LogP contribution in [-0.4, -0.2) is 26.3 Å². The third kappa shape index (κ3) is 3.58. The van der Waals surface area contributed by atoms with E-state index < -0.39 is 17.8 Å². The van der Waals surface area contributed by atoms with Crippen LogP contribution in [0.4, 0.5) is 16.0 Å². The molecule has 0 fully saturated rings. The number of hydrogen-bond acceptors (Lipinski definition) is 4. The molecular formula is C23H17ClFN5O2. The molecule has 7 nitrogen and oxygen atoms in total. The molecule has 0 saturated carbocycles. The number of carbonyl (C=O) groups is 2. The first kappa shape index (κ1) is 20.1. The Morgan fingerprint density at radius 3 is 2.72 bits per heavy atom. The van der Waals surface area contributed by atoms with E-state index in [9.17, 15) is 14.0 Å². The number of amides is 2. The lowest BCUT2D eigenvalue weighted by Crippen LogP contribution is -2.31. The Morgan fingerprint density at radius 2 is 1.94 bits per heavy atom. The van der Waals surface area contributed by atoms with Crippen LogP contribution < -0.4 is 10.2 Å². The first-order valence-electron chi connectivity index (χ1n) is 9.94. The van der Waals surface area contributed by atoms with Crippen LogP contribution in [0.1, 0.15) is 18.2 Å². The van der Waals surface area contributed by atoms with Gasteiger partial charge in [0.15, 0.2) is 0 Å². The second-order valence-corrected chi connectivity index (χ2v) is 7.82. The summed E-state index contributed by atoms with van der Waals surface area (Å²) in [6, 6.07) is 16.1. The van der Waals surface area contributed by atoms with E-state index in [0.29, 0.717) is 17.3 Å². The average Bonchev–Trinajstić information content (AvgIpc) is 3.28. The van der Waals surface area contributed by atoms with Crippen LogP contribution in [-0.2, 0) is 16.1 Å². The van der Waals surface area contributed by atoms with Crippen LogP contribution in [0.3, 0.4) is 0 Å². The molecule has 0 saturated heterocycles. The molecule has 9 heteroatoms. The lowest BCUT2D eigenvalue weighted by Gasteiger charge is -2.15. The highest BCUT2D eigenvalue weighted by Gasteiger charge is 2.41. The number of aromatic nitrogens is 3. The summed E-state index contributed by atoms with van der Waals surface area (Å²) in [4.78, 5) is 36.6. The molecule has 1 unspecified atom stereocenters. The number of halogens is 2. The Hall–Kier alpha value is -3.78. The molecule has 5 rings (SSSR count). The normalized spacial score (nSPS) is 15.2. The zero-order valence-corrected chi connectivity index (χ0v) is 17.5. The van der Waals surface area contributed by atoms with Gasteiger partial charge in [-0.05, 0) is 42.5 Å². The van der Waals surface area contributed by atoms with Gasteiger partial charge in [0.25, 0.3) is 5.91 Å². The van der Waals surface area contributed by atoms with Gasteiger partial charge >= 0.3 is 0 Å². The summed E-state index contributed by atoms with van der Waals surface area (Å²) in [5.41, 5.74) is 2.57. The molecule has 0 radical (unpaired) electrons. The average molecular weight is 450 g/mol. The summed E-state index contributed by atoms with van der Waals surface area (Å²) in [5.74, 6) is -0.731. The number of rotatable bonds is 5. The van der Waals surface area contributed by atoms with Crippen molar-refractivity contribution in [1.82, 2.24) is 14.5 Å². The number of hydrogen-bond donors (Lipinski definition) is 1. The highest BCUT2D eigenvalue weighted by Crippen LogP contribution is 2.37. The van der Waals surface area contributed by atoms with Crippen molar-refractivity contribution in [2.45, 2.75) is 19.0 Å². The quantitative estimate of drug-likeness (QED) is 0.491. The number of anilines is 2. The maximum Gasteiger partial charge on any atom is 0.253 e. The lowest BCUT2D eigenvalue weighted by molar-refractivity contribution is -0.124. The van der Waals surface area contributed by atoms with Crippen LogP contribution in [0.25, 0.3) is 11.0 Å². The van der Waals surface area contributed by atoms with E-state index in [4.69, 9.17) is 11.6 Å². The first-order chi connectivity index (χ1) is 15.5. The van der Waals surface area contributed by atoms with Crippen LogP contribution >= 0.6 is 11.6 Å². The summed E-state index contributed by atoms with van der Waals surface area (Å²) in [7, 11) is 0. The van der Waals surface area contributed by atoms with Gasteiger partial charge in [0.2, 0.25) is 11.9 Å². The Kier molecular flexibility index (Phi) is 5.07. The fourth-order valence-corrected chi connectivity index (χ4v) is 4.04. The first-order valence-corrected chi connectivity index (χ1v) is 10.3. The lowest BCUT2D eigenvalue weighted by atomic mass is 10.1. The summed E-state index contributed by atoms with van der Waals surface area (Å²) in [6.07, 6.45) is 1.55. The van der Waals surface area contributed by atoms with E-state index in [2.05, 4.69) is 15.3 Å². The molecule has 2 aromatic carbocycles. The minimum Gasteiger partial charge on any atom is -0.326 e. The number of fused-ring (bicyclic) bond motifs is 3. The monoisotopic (exact) mass is 449 g/mol. The van der Waals surface area contributed by atoms with Crippen molar-refractivity contribution in [3.05, 3.63) is 83.4 Å². The molecule has 1 aliphatic heterocycles. The maximum absolute atomic E-state index is 13.4. The predicted octanol–water partition coefficient (Wildman–Crippen LogP) is 4.34. The minimum absolute atomic E-state index is 0.0934. The number of carbonyl (C=O) groups excluding carboxylic acids is 2. The van der Waals surface area contributed by atoms with Gasteiger partial charge in [0, 0.05) is 11.9 Å². The fourth-order valence-electron chi connectivity index (χ4n) is 3.86. The number of nitrogens with one attached hydrogen (secondary N) is 1. The summed E-state index contributed by atoms with van der Waals surface area (Å²) >= 11 is 5.80. The van der Waals surface area contributed by atoms with E-state index in [1.54, 1.807) is 21.7 Å². The SMILES string of the molecule is O=C(CC1C(=O)N(Cc2ccccn2)c2nc3ccccc3n21)Nc1ccc(F)c(Cl)c1. The molecule has 160 valence electrons. The Morgan fingerprint density at radius 1 is 1.12 bits per heavy atom.